The molecule has 1 heterocycles. The van der Waals surface area contributed by atoms with E-state index < -0.39 is 29.9 Å². The van der Waals surface area contributed by atoms with Gasteiger partial charge in [-0.3, -0.25) is 10.5 Å². The topological polar surface area (TPSA) is 102 Å². The van der Waals surface area contributed by atoms with Crippen molar-refractivity contribution in [2.45, 2.75) is 24.5 Å². The van der Waals surface area contributed by atoms with Crippen LogP contribution in [0.5, 0.6) is 0 Å². The minimum atomic E-state index is -5.29. The van der Waals surface area contributed by atoms with E-state index in [4.69, 9.17) is 16.3 Å². The van der Waals surface area contributed by atoms with Crippen molar-refractivity contribution in [3.05, 3.63) is 69.7 Å². The number of hydroxylamine groups is 2. The zero-order valence-electron chi connectivity index (χ0n) is 15.7. The molecule has 2 atom stereocenters. The molecule has 2 aromatic carbocycles. The quantitative estimate of drug-likeness (QED) is 0.686. The summed E-state index contributed by atoms with van der Waals surface area (Å²) in [4.78, 5) is 30.9. The van der Waals surface area contributed by atoms with Crippen LogP contribution in [-0.4, -0.2) is 41.4 Å². The zero-order chi connectivity index (χ0) is 22.3. The molecule has 0 saturated carbocycles. The van der Waals surface area contributed by atoms with Crippen molar-refractivity contribution < 1.29 is 27.6 Å². The molecule has 0 aromatic heterocycles. The normalized spacial score (nSPS) is 22.4. The van der Waals surface area contributed by atoms with Gasteiger partial charge in [0.15, 0.2) is 11.8 Å². The van der Waals surface area contributed by atoms with Gasteiger partial charge >= 0.3 is 12.1 Å². The summed E-state index contributed by atoms with van der Waals surface area (Å²) in [7, 11) is 1.31. The maximum atomic E-state index is 13.5. The van der Waals surface area contributed by atoms with Gasteiger partial charge < -0.3 is 15.5 Å². The standard InChI is InChI=1S/C19H18BrF3N4O3/c1-26-15(28)18(13-6-3-7-14(20)9-13,12-5-2-4-11(8-12)10-24)27(17(26)25)30-16(29)19(21,22)23/h2-9,17H,10,24-25H2,1H3. The lowest BCUT2D eigenvalue weighted by Crippen LogP contribution is -2.53. The third kappa shape index (κ3) is 3.58. The molecule has 160 valence electrons. The second kappa shape index (κ2) is 7.99. The summed E-state index contributed by atoms with van der Waals surface area (Å²) >= 11 is 3.30. The van der Waals surface area contributed by atoms with Crippen LogP contribution in [0.25, 0.3) is 0 Å². The molecule has 0 radical (unpaired) electrons. The van der Waals surface area contributed by atoms with Crippen LogP contribution in [0.4, 0.5) is 13.2 Å². The number of hydrogen-bond acceptors (Lipinski definition) is 6. The van der Waals surface area contributed by atoms with Gasteiger partial charge in [0.25, 0.3) is 5.91 Å². The molecular weight excluding hydrogens is 469 g/mol. The number of carbonyl (C=O) groups excluding carboxylic acids is 2. The molecule has 1 fully saturated rings. The Kier molecular flexibility index (Phi) is 5.92. The third-order valence-electron chi connectivity index (χ3n) is 4.83. The van der Waals surface area contributed by atoms with Crippen molar-refractivity contribution in [2.24, 2.45) is 11.5 Å². The summed E-state index contributed by atoms with van der Waals surface area (Å²) in [6.45, 7) is 0.126. The second-order valence-corrected chi connectivity index (χ2v) is 7.57. The Morgan fingerprint density at radius 2 is 1.80 bits per heavy atom. The van der Waals surface area contributed by atoms with E-state index >= 15 is 0 Å². The number of likely N-dealkylation sites (N-methyl/N-ethyl adjacent to an activating group) is 1. The van der Waals surface area contributed by atoms with Crippen molar-refractivity contribution in [2.75, 3.05) is 7.05 Å². The molecule has 2 unspecified atom stereocenters. The van der Waals surface area contributed by atoms with Crippen LogP contribution in [0.2, 0.25) is 0 Å². The summed E-state index contributed by atoms with van der Waals surface area (Å²) in [5.74, 6) is -3.16. The Morgan fingerprint density at radius 3 is 2.37 bits per heavy atom. The molecule has 0 spiro atoms. The predicted molar refractivity (Wildman–Crippen MR) is 104 cm³/mol. The van der Waals surface area contributed by atoms with Crippen LogP contribution in [0.3, 0.4) is 0 Å². The van der Waals surface area contributed by atoms with E-state index in [1.165, 1.54) is 19.2 Å². The lowest BCUT2D eigenvalue weighted by molar-refractivity contribution is -0.260. The molecule has 0 aliphatic carbocycles. The highest BCUT2D eigenvalue weighted by atomic mass is 79.9. The van der Waals surface area contributed by atoms with Crippen molar-refractivity contribution in [1.82, 2.24) is 9.96 Å². The Balaban J connectivity index is 2.31. The van der Waals surface area contributed by atoms with E-state index in [0.717, 1.165) is 4.90 Å². The average Bonchev–Trinajstić information content (AvgIpc) is 2.89. The molecule has 2 aromatic rings. The molecule has 4 N–H and O–H groups in total. The van der Waals surface area contributed by atoms with Crippen LogP contribution in [-0.2, 0) is 26.5 Å². The monoisotopic (exact) mass is 486 g/mol. The first kappa shape index (κ1) is 22.2. The number of rotatable bonds is 4. The molecule has 1 aliphatic rings. The Bertz CT molecular complexity index is 987. The summed E-state index contributed by atoms with van der Waals surface area (Å²) < 4.78 is 39.6. The molecule has 30 heavy (non-hydrogen) atoms. The Morgan fingerprint density at radius 1 is 1.20 bits per heavy atom. The molecule has 7 nitrogen and oxygen atoms in total. The van der Waals surface area contributed by atoms with Crippen molar-refractivity contribution in [3.63, 3.8) is 0 Å². The number of alkyl halides is 3. The highest BCUT2D eigenvalue weighted by Gasteiger charge is 2.62. The minimum absolute atomic E-state index is 0.126. The van der Waals surface area contributed by atoms with Gasteiger partial charge in [0, 0.05) is 18.1 Å². The summed E-state index contributed by atoms with van der Waals surface area (Å²) in [6.07, 6.45) is -6.75. The van der Waals surface area contributed by atoms with E-state index in [1.54, 1.807) is 36.4 Å². The molecule has 11 heteroatoms. The first-order valence-electron chi connectivity index (χ1n) is 8.70. The van der Waals surface area contributed by atoms with Crippen molar-refractivity contribution >= 4 is 27.8 Å². The molecule has 3 rings (SSSR count). The van der Waals surface area contributed by atoms with Crippen LogP contribution < -0.4 is 11.5 Å². The predicted octanol–water partition coefficient (Wildman–Crippen LogP) is 2.19. The number of amides is 1. The van der Waals surface area contributed by atoms with Gasteiger partial charge in [0.05, 0.1) is 0 Å². The first-order valence-corrected chi connectivity index (χ1v) is 9.49. The third-order valence-corrected chi connectivity index (χ3v) is 5.33. The van der Waals surface area contributed by atoms with E-state index in [1.807, 2.05) is 0 Å². The van der Waals surface area contributed by atoms with Gasteiger partial charge in [-0.25, -0.2) is 4.79 Å². The van der Waals surface area contributed by atoms with Crippen LogP contribution in [0.15, 0.2) is 53.0 Å². The zero-order valence-corrected chi connectivity index (χ0v) is 17.3. The molecule has 1 aliphatic heterocycles. The fourth-order valence-corrected chi connectivity index (χ4v) is 3.79. The van der Waals surface area contributed by atoms with Gasteiger partial charge in [-0.15, -0.1) is 0 Å². The number of nitrogens with zero attached hydrogens (tertiary/aromatic N) is 2. The fraction of sp³-hybridized carbons (Fsp3) is 0.263. The second-order valence-electron chi connectivity index (χ2n) is 6.66. The lowest BCUT2D eigenvalue weighted by Gasteiger charge is -2.36. The van der Waals surface area contributed by atoms with Crippen molar-refractivity contribution in [1.29, 1.82) is 0 Å². The van der Waals surface area contributed by atoms with Crippen molar-refractivity contribution in [3.8, 4) is 0 Å². The highest BCUT2D eigenvalue weighted by molar-refractivity contribution is 9.10. The van der Waals surface area contributed by atoms with E-state index in [9.17, 15) is 22.8 Å². The average molecular weight is 487 g/mol. The number of carbonyl (C=O) groups is 2. The van der Waals surface area contributed by atoms with E-state index in [-0.39, 0.29) is 17.7 Å². The molecular formula is C19H18BrF3N4O3. The van der Waals surface area contributed by atoms with E-state index in [0.29, 0.717) is 15.1 Å². The Labute approximate surface area is 178 Å². The first-order chi connectivity index (χ1) is 14.0. The van der Waals surface area contributed by atoms with Crippen LogP contribution >= 0.6 is 15.9 Å². The maximum absolute atomic E-state index is 13.5. The molecule has 1 saturated heterocycles. The maximum Gasteiger partial charge on any atom is 0.492 e. The van der Waals surface area contributed by atoms with Crippen LogP contribution in [0.1, 0.15) is 16.7 Å². The Hall–Kier alpha value is -2.47. The van der Waals surface area contributed by atoms with E-state index in [2.05, 4.69) is 15.9 Å². The van der Waals surface area contributed by atoms with Gasteiger partial charge in [-0.2, -0.15) is 13.2 Å². The number of benzene rings is 2. The van der Waals surface area contributed by atoms with Gasteiger partial charge in [0.1, 0.15) is 0 Å². The van der Waals surface area contributed by atoms with Crippen LogP contribution in [0, 0.1) is 0 Å². The number of hydrogen-bond donors (Lipinski definition) is 2. The summed E-state index contributed by atoms with van der Waals surface area (Å²) in [5, 5.41) is 0.586. The SMILES string of the molecule is CN1C(=O)C(c2cccc(Br)c2)(c2cccc(CN)c2)N(OC(=O)C(F)(F)F)C1N. The van der Waals surface area contributed by atoms with Gasteiger partial charge in [-0.05, 0) is 28.8 Å². The largest absolute Gasteiger partial charge is 0.492 e. The van der Waals surface area contributed by atoms with Gasteiger partial charge in [-0.1, -0.05) is 57.4 Å². The fourth-order valence-electron chi connectivity index (χ4n) is 3.39. The summed E-state index contributed by atoms with van der Waals surface area (Å²) in [6, 6.07) is 12.8. The molecule has 1 amide bonds. The number of nitrogens with two attached hydrogens (primary N) is 2. The minimum Gasteiger partial charge on any atom is -0.356 e. The summed E-state index contributed by atoms with van der Waals surface area (Å²) in [5.41, 5.74) is 10.9. The lowest BCUT2D eigenvalue weighted by atomic mass is 9.81. The number of halogens is 4. The smallest absolute Gasteiger partial charge is 0.356 e. The molecule has 0 bridgehead atoms. The highest BCUT2D eigenvalue weighted by Crippen LogP contribution is 2.45. The van der Waals surface area contributed by atoms with Gasteiger partial charge in [0.2, 0.25) is 0 Å².